The maximum absolute atomic E-state index is 4.70. The van der Waals surface area contributed by atoms with Crippen molar-refractivity contribution in [1.29, 1.82) is 0 Å². The second-order valence-corrected chi connectivity index (χ2v) is 8.73. The molecule has 0 bridgehead atoms. The topological polar surface area (TPSA) is 61.5 Å². The van der Waals surface area contributed by atoms with Crippen molar-refractivity contribution in [3.63, 3.8) is 0 Å². The molecule has 35 heavy (non-hydrogen) atoms. The van der Waals surface area contributed by atoms with E-state index in [1.54, 1.807) is 0 Å². The number of nitrogens with zero attached hydrogens (tertiary/aromatic N) is 4. The van der Waals surface area contributed by atoms with Gasteiger partial charge in [-0.2, -0.15) is 15.3 Å². The summed E-state index contributed by atoms with van der Waals surface area (Å²) in [4.78, 5) is 0. The summed E-state index contributed by atoms with van der Waals surface area (Å²) < 4.78 is 0. The van der Waals surface area contributed by atoms with Crippen LogP contribution in [0.3, 0.4) is 0 Å². The minimum Gasteiger partial charge on any atom is -0.383 e. The van der Waals surface area contributed by atoms with Gasteiger partial charge in [-0.1, -0.05) is 81.6 Å². The van der Waals surface area contributed by atoms with E-state index >= 15 is 0 Å². The van der Waals surface area contributed by atoms with Crippen LogP contribution in [0.25, 0.3) is 10.8 Å². The second-order valence-electron chi connectivity index (χ2n) is 8.73. The van der Waals surface area contributed by atoms with Crippen molar-refractivity contribution in [2.24, 2.45) is 26.4 Å². The lowest BCUT2D eigenvalue weighted by Gasteiger charge is -2.17. The Hall–Kier alpha value is -3.86. The SMILES string of the molecule is CCCCC(CC)CNc1ccc2ccccc2c1N=Nc1ccc(N=Nc2ccccc2)cc1. The first-order valence-electron chi connectivity index (χ1n) is 12.5. The maximum atomic E-state index is 4.70. The molecule has 0 spiro atoms. The number of nitrogens with one attached hydrogen (secondary N) is 1. The molecular formula is C30H33N5. The predicted molar refractivity (Wildman–Crippen MR) is 147 cm³/mol. The van der Waals surface area contributed by atoms with Crippen LogP contribution in [0, 0.1) is 5.92 Å². The predicted octanol–water partition coefficient (Wildman–Crippen LogP) is 10.3. The van der Waals surface area contributed by atoms with Crippen LogP contribution in [0.15, 0.2) is 111 Å². The van der Waals surface area contributed by atoms with Gasteiger partial charge < -0.3 is 5.32 Å². The van der Waals surface area contributed by atoms with Crippen LogP contribution < -0.4 is 5.32 Å². The molecule has 0 saturated carbocycles. The van der Waals surface area contributed by atoms with Gasteiger partial charge in [0.1, 0.15) is 5.69 Å². The summed E-state index contributed by atoms with van der Waals surface area (Å²) >= 11 is 0. The smallest absolute Gasteiger partial charge is 0.117 e. The molecule has 4 aromatic rings. The standard InChI is InChI=1S/C30H33N5/c1-3-5-11-23(4-2)22-31-29-21-16-24-12-9-10-15-28(24)30(29)35-34-27-19-17-26(18-20-27)33-32-25-13-7-6-8-14-25/h6-10,12-21,23,31H,3-5,11,22H2,1-2H3. The zero-order valence-corrected chi connectivity index (χ0v) is 20.6. The number of fused-ring (bicyclic) bond motifs is 1. The normalized spacial score (nSPS) is 12.5. The van der Waals surface area contributed by atoms with Crippen LogP contribution in [0.1, 0.15) is 39.5 Å². The number of unbranched alkanes of at least 4 members (excludes halogenated alkanes) is 1. The third-order valence-corrected chi connectivity index (χ3v) is 6.18. The van der Waals surface area contributed by atoms with Crippen molar-refractivity contribution in [1.82, 2.24) is 0 Å². The molecule has 0 aliphatic carbocycles. The van der Waals surface area contributed by atoms with Gasteiger partial charge in [0.05, 0.1) is 22.7 Å². The van der Waals surface area contributed by atoms with Crippen LogP contribution >= 0.6 is 0 Å². The van der Waals surface area contributed by atoms with Gasteiger partial charge in [0.25, 0.3) is 0 Å². The van der Waals surface area contributed by atoms with E-state index < -0.39 is 0 Å². The molecule has 178 valence electrons. The maximum Gasteiger partial charge on any atom is 0.117 e. The van der Waals surface area contributed by atoms with Crippen LogP contribution in [0.5, 0.6) is 0 Å². The van der Waals surface area contributed by atoms with Crippen LogP contribution in [0.4, 0.5) is 28.4 Å². The molecule has 1 unspecified atom stereocenters. The molecule has 0 aliphatic rings. The monoisotopic (exact) mass is 463 g/mol. The van der Waals surface area contributed by atoms with E-state index in [1.165, 1.54) is 25.7 Å². The third kappa shape index (κ3) is 6.82. The molecule has 0 radical (unpaired) electrons. The van der Waals surface area contributed by atoms with E-state index in [2.05, 4.69) is 64.8 Å². The summed E-state index contributed by atoms with van der Waals surface area (Å²) in [5.74, 6) is 0.656. The minimum absolute atomic E-state index is 0.656. The third-order valence-electron chi connectivity index (χ3n) is 6.18. The van der Waals surface area contributed by atoms with E-state index in [0.29, 0.717) is 5.92 Å². The van der Waals surface area contributed by atoms with Crippen molar-refractivity contribution in [2.45, 2.75) is 39.5 Å². The van der Waals surface area contributed by atoms with Gasteiger partial charge in [-0.3, -0.25) is 0 Å². The summed E-state index contributed by atoms with van der Waals surface area (Å²) in [5.41, 5.74) is 4.28. The number of anilines is 1. The van der Waals surface area contributed by atoms with Gasteiger partial charge in [0, 0.05) is 11.9 Å². The number of rotatable bonds is 11. The minimum atomic E-state index is 0.656. The Labute approximate surface area is 208 Å². The Kier molecular flexibility index (Phi) is 8.71. The van der Waals surface area contributed by atoms with Crippen molar-refractivity contribution >= 4 is 39.2 Å². The quantitative estimate of drug-likeness (QED) is 0.221. The van der Waals surface area contributed by atoms with Crippen molar-refractivity contribution in [2.75, 3.05) is 11.9 Å². The van der Waals surface area contributed by atoms with Crippen LogP contribution in [0.2, 0.25) is 0 Å². The fourth-order valence-electron chi connectivity index (χ4n) is 4.01. The first kappa shape index (κ1) is 24.3. The average molecular weight is 464 g/mol. The second kappa shape index (κ2) is 12.6. The lowest BCUT2D eigenvalue weighted by molar-refractivity contribution is 0.473. The van der Waals surface area contributed by atoms with Gasteiger partial charge >= 0.3 is 0 Å². The lowest BCUT2D eigenvalue weighted by Crippen LogP contribution is -2.13. The molecular weight excluding hydrogens is 430 g/mol. The Morgan fingerprint density at radius 1 is 0.657 bits per heavy atom. The molecule has 0 amide bonds. The van der Waals surface area contributed by atoms with E-state index in [1.807, 2.05) is 60.7 Å². The zero-order chi connectivity index (χ0) is 24.3. The molecule has 4 rings (SSSR count). The number of azo groups is 2. The van der Waals surface area contributed by atoms with E-state index in [9.17, 15) is 0 Å². The van der Waals surface area contributed by atoms with E-state index in [4.69, 9.17) is 5.11 Å². The Morgan fingerprint density at radius 3 is 1.97 bits per heavy atom. The molecule has 4 aromatic carbocycles. The summed E-state index contributed by atoms with van der Waals surface area (Å²) in [6.45, 7) is 5.46. The van der Waals surface area contributed by atoms with Gasteiger partial charge in [-0.25, -0.2) is 0 Å². The van der Waals surface area contributed by atoms with Crippen LogP contribution in [-0.4, -0.2) is 6.54 Å². The van der Waals surface area contributed by atoms with Gasteiger partial charge in [-0.05, 0) is 60.2 Å². The highest BCUT2D eigenvalue weighted by Gasteiger charge is 2.10. The first-order chi connectivity index (χ1) is 17.3. The van der Waals surface area contributed by atoms with E-state index in [-0.39, 0.29) is 0 Å². The van der Waals surface area contributed by atoms with Crippen LogP contribution in [-0.2, 0) is 0 Å². The van der Waals surface area contributed by atoms with Gasteiger partial charge in [0.2, 0.25) is 0 Å². The van der Waals surface area contributed by atoms with Gasteiger partial charge in [-0.15, -0.1) is 5.11 Å². The Morgan fingerprint density at radius 2 is 1.29 bits per heavy atom. The molecule has 1 N–H and O–H groups in total. The molecule has 0 aliphatic heterocycles. The fourth-order valence-corrected chi connectivity index (χ4v) is 4.01. The summed E-state index contributed by atoms with van der Waals surface area (Å²) in [7, 11) is 0. The highest BCUT2D eigenvalue weighted by atomic mass is 15.1. The van der Waals surface area contributed by atoms with Crippen molar-refractivity contribution < 1.29 is 0 Å². The first-order valence-corrected chi connectivity index (χ1v) is 12.5. The molecule has 0 heterocycles. The fraction of sp³-hybridized carbons (Fsp3) is 0.267. The lowest BCUT2D eigenvalue weighted by atomic mass is 9.99. The average Bonchev–Trinajstić information content (AvgIpc) is 2.92. The molecule has 0 aromatic heterocycles. The Balaban J connectivity index is 1.53. The molecule has 5 heteroatoms. The summed E-state index contributed by atoms with van der Waals surface area (Å²) in [6, 6.07) is 29.9. The van der Waals surface area contributed by atoms with Gasteiger partial charge in [0.15, 0.2) is 0 Å². The number of benzene rings is 4. The van der Waals surface area contributed by atoms with Crippen molar-refractivity contribution in [3.8, 4) is 0 Å². The molecule has 1 atom stereocenters. The number of hydrogen-bond acceptors (Lipinski definition) is 5. The zero-order valence-electron chi connectivity index (χ0n) is 20.6. The van der Waals surface area contributed by atoms with Crippen molar-refractivity contribution in [3.05, 3.63) is 91.0 Å². The molecule has 0 saturated heterocycles. The molecule has 0 fully saturated rings. The van der Waals surface area contributed by atoms with E-state index in [0.717, 1.165) is 45.8 Å². The highest BCUT2D eigenvalue weighted by molar-refractivity contribution is 5.98. The summed E-state index contributed by atoms with van der Waals surface area (Å²) in [5, 5.41) is 23.7. The Bertz CT molecular complexity index is 1260. The molecule has 5 nitrogen and oxygen atoms in total. The highest BCUT2D eigenvalue weighted by Crippen LogP contribution is 2.36. The summed E-state index contributed by atoms with van der Waals surface area (Å²) in [6.07, 6.45) is 4.92. The number of hydrogen-bond donors (Lipinski definition) is 1. The largest absolute Gasteiger partial charge is 0.383 e.